The van der Waals surface area contributed by atoms with Crippen LogP contribution in [0.5, 0.6) is 0 Å². The first-order valence-corrected chi connectivity index (χ1v) is 9.81. The number of rotatable bonds is 5. The fourth-order valence-corrected chi connectivity index (χ4v) is 3.97. The zero-order valence-corrected chi connectivity index (χ0v) is 16.6. The van der Waals surface area contributed by atoms with Crippen molar-refractivity contribution in [3.63, 3.8) is 0 Å². The van der Waals surface area contributed by atoms with E-state index in [4.69, 9.17) is 0 Å². The first-order chi connectivity index (χ1) is 13.9. The predicted molar refractivity (Wildman–Crippen MR) is 110 cm³/mol. The van der Waals surface area contributed by atoms with Crippen LogP contribution in [-0.2, 0) is 6.42 Å². The summed E-state index contributed by atoms with van der Waals surface area (Å²) in [6.07, 6.45) is -1.94. The molecule has 0 aliphatic rings. The molecule has 8 heteroatoms. The van der Waals surface area contributed by atoms with E-state index in [-0.39, 0.29) is 5.91 Å². The maximum absolute atomic E-state index is 12.8. The molecule has 4 rings (SSSR count). The molecule has 0 aliphatic heterocycles. The number of hydrogen-bond acceptors (Lipinski definition) is 4. The molecule has 0 unspecified atom stereocenters. The van der Waals surface area contributed by atoms with E-state index < -0.39 is 12.2 Å². The molecule has 0 fully saturated rings. The van der Waals surface area contributed by atoms with Gasteiger partial charge in [-0.3, -0.25) is 10.1 Å². The van der Waals surface area contributed by atoms with Crippen molar-refractivity contribution in [2.24, 2.45) is 0 Å². The van der Waals surface area contributed by atoms with Crippen LogP contribution in [0.1, 0.15) is 44.3 Å². The van der Waals surface area contributed by atoms with Crippen molar-refractivity contribution in [3.05, 3.63) is 75.6 Å². The third-order valence-corrected chi connectivity index (χ3v) is 5.64. The number of nitrogens with zero attached hydrogens (tertiary/aromatic N) is 2. The Morgan fingerprint density at radius 2 is 1.90 bits per heavy atom. The van der Waals surface area contributed by atoms with E-state index in [2.05, 4.69) is 44.5 Å². The van der Waals surface area contributed by atoms with Gasteiger partial charge >= 0.3 is 0 Å². The van der Waals surface area contributed by atoms with Crippen molar-refractivity contribution in [2.45, 2.75) is 26.7 Å². The van der Waals surface area contributed by atoms with Gasteiger partial charge in [-0.05, 0) is 37.6 Å². The number of aromatic amines is 1. The molecular formula is C21H18F2N4OS. The predicted octanol–water partition coefficient (Wildman–Crippen LogP) is 5.42. The Morgan fingerprint density at radius 3 is 2.62 bits per heavy atom. The average Bonchev–Trinajstić information content (AvgIpc) is 3.26. The minimum absolute atomic E-state index is 0.343. The maximum Gasteiger partial charge on any atom is 0.295 e. The number of anilines is 1. The molecule has 5 nitrogen and oxygen atoms in total. The van der Waals surface area contributed by atoms with Gasteiger partial charge in [0, 0.05) is 16.9 Å². The quantitative estimate of drug-likeness (QED) is 0.460. The summed E-state index contributed by atoms with van der Waals surface area (Å²) < 4.78 is 25.6. The van der Waals surface area contributed by atoms with E-state index in [0.717, 1.165) is 17.0 Å². The summed E-state index contributed by atoms with van der Waals surface area (Å²) in [5.74, 6) is -0.760. The van der Waals surface area contributed by atoms with E-state index in [1.807, 2.05) is 13.8 Å². The Bertz CT molecular complexity index is 1180. The SMILES string of the molecule is Cc1ccc(Cc2sc(NC(=O)c3ccc4nc(C(F)F)[nH]c4c3)nc2C)cc1. The van der Waals surface area contributed by atoms with Crippen molar-refractivity contribution in [1.29, 1.82) is 0 Å². The topological polar surface area (TPSA) is 70.7 Å². The second-order valence-electron chi connectivity index (χ2n) is 6.80. The van der Waals surface area contributed by atoms with Crippen LogP contribution in [0.4, 0.5) is 13.9 Å². The second kappa shape index (κ2) is 7.71. The molecular weight excluding hydrogens is 394 g/mol. The van der Waals surface area contributed by atoms with Gasteiger partial charge in [0.1, 0.15) is 0 Å². The van der Waals surface area contributed by atoms with Crippen LogP contribution >= 0.6 is 11.3 Å². The number of amides is 1. The standard InChI is InChI=1S/C21H18F2N4OS/c1-11-3-5-13(6-4-11)9-17-12(2)24-21(29-17)27-20(28)14-7-8-15-16(10-14)26-19(25-15)18(22)23/h3-8,10,18H,9H2,1-2H3,(H,25,26)(H,24,27,28). The van der Waals surface area contributed by atoms with Gasteiger partial charge in [-0.2, -0.15) is 0 Å². The molecule has 2 heterocycles. The van der Waals surface area contributed by atoms with Crippen LogP contribution in [0.25, 0.3) is 11.0 Å². The molecule has 2 N–H and O–H groups in total. The van der Waals surface area contributed by atoms with Gasteiger partial charge in [-0.25, -0.2) is 18.7 Å². The van der Waals surface area contributed by atoms with Gasteiger partial charge in [0.2, 0.25) is 0 Å². The molecule has 148 valence electrons. The molecule has 0 spiro atoms. The molecule has 0 radical (unpaired) electrons. The molecule has 2 aromatic heterocycles. The van der Waals surface area contributed by atoms with Crippen LogP contribution < -0.4 is 5.32 Å². The summed E-state index contributed by atoms with van der Waals surface area (Å²) in [4.78, 5) is 24.5. The molecule has 29 heavy (non-hydrogen) atoms. The lowest BCUT2D eigenvalue weighted by Gasteiger charge is -2.02. The number of thiazole rings is 1. The van der Waals surface area contributed by atoms with E-state index in [1.54, 1.807) is 12.1 Å². The highest BCUT2D eigenvalue weighted by molar-refractivity contribution is 7.15. The molecule has 0 atom stereocenters. The second-order valence-corrected chi connectivity index (χ2v) is 7.88. The third-order valence-electron chi connectivity index (χ3n) is 4.57. The maximum atomic E-state index is 12.8. The number of carbonyl (C=O) groups is 1. The van der Waals surface area contributed by atoms with Gasteiger partial charge in [0.05, 0.1) is 16.7 Å². The zero-order chi connectivity index (χ0) is 20.5. The van der Waals surface area contributed by atoms with E-state index >= 15 is 0 Å². The molecule has 0 bridgehead atoms. The van der Waals surface area contributed by atoms with Gasteiger partial charge in [-0.15, -0.1) is 11.3 Å². The smallest absolute Gasteiger partial charge is 0.295 e. The van der Waals surface area contributed by atoms with Crippen LogP contribution in [0, 0.1) is 13.8 Å². The minimum Gasteiger partial charge on any atom is -0.337 e. The fraction of sp³-hybridized carbons (Fsp3) is 0.190. The van der Waals surface area contributed by atoms with Crippen molar-refractivity contribution in [1.82, 2.24) is 15.0 Å². The fourth-order valence-electron chi connectivity index (χ4n) is 2.98. The summed E-state index contributed by atoms with van der Waals surface area (Å²) in [6, 6.07) is 12.9. The third kappa shape index (κ3) is 4.17. The Labute approximate surface area is 169 Å². The number of hydrogen-bond donors (Lipinski definition) is 2. The lowest BCUT2D eigenvalue weighted by Crippen LogP contribution is -2.11. The van der Waals surface area contributed by atoms with Crippen molar-refractivity contribution < 1.29 is 13.6 Å². The Kier molecular flexibility index (Phi) is 5.10. The summed E-state index contributed by atoms with van der Waals surface area (Å²) in [7, 11) is 0. The van der Waals surface area contributed by atoms with E-state index in [9.17, 15) is 13.6 Å². The number of halogens is 2. The number of carbonyl (C=O) groups excluding carboxylic acids is 1. The number of H-pyrrole nitrogens is 1. The van der Waals surface area contributed by atoms with E-state index in [0.29, 0.717) is 21.7 Å². The van der Waals surface area contributed by atoms with E-state index in [1.165, 1.54) is 28.5 Å². The summed E-state index contributed by atoms with van der Waals surface area (Å²) in [5.41, 5.74) is 4.38. The van der Waals surface area contributed by atoms with Crippen molar-refractivity contribution >= 4 is 33.4 Å². The number of alkyl halides is 2. The summed E-state index contributed by atoms with van der Waals surface area (Å²) >= 11 is 1.43. The minimum atomic E-state index is -2.69. The van der Waals surface area contributed by atoms with Crippen LogP contribution in [-0.4, -0.2) is 20.9 Å². The molecule has 4 aromatic rings. The van der Waals surface area contributed by atoms with Crippen LogP contribution in [0.3, 0.4) is 0 Å². The number of aryl methyl sites for hydroxylation is 2. The highest BCUT2D eigenvalue weighted by Crippen LogP contribution is 2.26. The normalized spacial score (nSPS) is 11.3. The molecule has 1 amide bonds. The van der Waals surface area contributed by atoms with Crippen LogP contribution in [0.2, 0.25) is 0 Å². The zero-order valence-electron chi connectivity index (χ0n) is 15.8. The van der Waals surface area contributed by atoms with Crippen molar-refractivity contribution in [2.75, 3.05) is 5.32 Å². The largest absolute Gasteiger partial charge is 0.337 e. The lowest BCUT2D eigenvalue weighted by molar-refractivity contribution is 0.102. The van der Waals surface area contributed by atoms with Gasteiger partial charge in [0.25, 0.3) is 12.3 Å². The number of nitrogens with one attached hydrogen (secondary N) is 2. The Morgan fingerprint density at radius 1 is 1.14 bits per heavy atom. The first-order valence-electron chi connectivity index (χ1n) is 9.00. The number of imidazole rings is 1. The van der Waals surface area contributed by atoms with Gasteiger partial charge in [0.15, 0.2) is 11.0 Å². The Balaban J connectivity index is 1.51. The highest BCUT2D eigenvalue weighted by atomic mass is 32.1. The molecule has 2 aromatic carbocycles. The number of fused-ring (bicyclic) bond motifs is 1. The summed E-state index contributed by atoms with van der Waals surface area (Å²) in [6.45, 7) is 3.96. The Hall–Kier alpha value is -3.13. The molecule has 0 saturated heterocycles. The summed E-state index contributed by atoms with van der Waals surface area (Å²) in [5, 5.41) is 3.30. The lowest BCUT2D eigenvalue weighted by atomic mass is 10.1. The molecule has 0 saturated carbocycles. The number of aromatic nitrogens is 3. The average molecular weight is 412 g/mol. The van der Waals surface area contributed by atoms with Gasteiger partial charge < -0.3 is 4.98 Å². The number of benzene rings is 2. The van der Waals surface area contributed by atoms with Gasteiger partial charge in [-0.1, -0.05) is 29.8 Å². The molecule has 0 aliphatic carbocycles. The first kappa shape index (κ1) is 19.2. The van der Waals surface area contributed by atoms with Crippen molar-refractivity contribution in [3.8, 4) is 0 Å². The monoisotopic (exact) mass is 412 g/mol. The highest BCUT2D eigenvalue weighted by Gasteiger charge is 2.16. The van der Waals surface area contributed by atoms with Crippen LogP contribution in [0.15, 0.2) is 42.5 Å².